The number of hydrogen-bond acceptors (Lipinski definition) is 5. The maximum Gasteiger partial charge on any atom is 0.392 e. The largest absolute Gasteiger partial charge is 0.392 e. The van der Waals surface area contributed by atoms with Gasteiger partial charge in [0, 0.05) is 13.0 Å². The molecule has 1 saturated carbocycles. The summed E-state index contributed by atoms with van der Waals surface area (Å²) in [6.07, 6.45) is 6.04. The first-order valence-corrected chi connectivity index (χ1v) is 9.95. The van der Waals surface area contributed by atoms with Gasteiger partial charge in [0.05, 0.1) is 25.7 Å². The molecular formula is C19H28N5O3+. The summed E-state index contributed by atoms with van der Waals surface area (Å²) in [7, 11) is 1.64. The highest BCUT2D eigenvalue weighted by atomic mass is 16.2. The summed E-state index contributed by atoms with van der Waals surface area (Å²) in [4.78, 5) is 47.0. The van der Waals surface area contributed by atoms with Crippen LogP contribution in [0.1, 0.15) is 46.0 Å². The van der Waals surface area contributed by atoms with Gasteiger partial charge in [0.15, 0.2) is 0 Å². The minimum absolute atomic E-state index is 0.184. The van der Waals surface area contributed by atoms with Gasteiger partial charge in [0.2, 0.25) is 11.9 Å². The Morgan fingerprint density at radius 2 is 1.93 bits per heavy atom. The third kappa shape index (κ3) is 2.95. The molecule has 146 valence electrons. The van der Waals surface area contributed by atoms with E-state index in [9.17, 15) is 14.4 Å². The van der Waals surface area contributed by atoms with E-state index in [0.717, 1.165) is 36.8 Å². The van der Waals surface area contributed by atoms with Crippen LogP contribution in [-0.4, -0.2) is 87.6 Å². The molecule has 8 nitrogen and oxygen atoms in total. The lowest BCUT2D eigenvalue weighted by Crippen LogP contribution is -2.64. The number of hydrogen-bond donors (Lipinski definition) is 0. The standard InChI is InChI=1S/C19H28N5O3/c1-12-9-22(14-7-5-4-6-8-14)18-20-16-15(23(18)10-12)17(26)24(11-13(2)25)19(27)21(16)3/h12,14-15H,4-11H2,1-3H3/q+1. The van der Waals surface area contributed by atoms with Gasteiger partial charge in [-0.15, -0.1) is 0 Å². The van der Waals surface area contributed by atoms with Crippen LogP contribution in [0.3, 0.4) is 0 Å². The smallest absolute Gasteiger partial charge is 0.298 e. The fourth-order valence-electron chi connectivity index (χ4n) is 4.81. The minimum Gasteiger partial charge on any atom is -0.298 e. The second-order valence-corrected chi connectivity index (χ2v) is 8.34. The van der Waals surface area contributed by atoms with Crippen molar-refractivity contribution in [2.75, 3.05) is 26.7 Å². The lowest BCUT2D eigenvalue weighted by Gasteiger charge is -2.37. The Morgan fingerprint density at radius 1 is 1.22 bits per heavy atom. The number of carbonyl (C=O) groups excluding carboxylic acids is 3. The molecule has 4 aliphatic rings. The molecule has 0 aromatic carbocycles. The number of guanidine groups is 1. The number of imide groups is 1. The molecule has 3 heterocycles. The summed E-state index contributed by atoms with van der Waals surface area (Å²) < 4.78 is 2.05. The average Bonchev–Trinajstić information content (AvgIpc) is 3.03. The van der Waals surface area contributed by atoms with Crippen LogP contribution in [0, 0.1) is 5.92 Å². The number of likely N-dealkylation sites (N-methyl/N-ethyl adjacent to an activating group) is 1. The first-order valence-electron chi connectivity index (χ1n) is 9.95. The zero-order valence-electron chi connectivity index (χ0n) is 16.3. The molecule has 1 aliphatic carbocycles. The molecule has 27 heavy (non-hydrogen) atoms. The van der Waals surface area contributed by atoms with E-state index in [1.165, 1.54) is 31.1 Å². The highest BCUT2D eigenvalue weighted by Gasteiger charge is 2.55. The van der Waals surface area contributed by atoms with Gasteiger partial charge >= 0.3 is 12.0 Å². The number of amidine groups is 1. The van der Waals surface area contributed by atoms with Crippen LogP contribution in [0.2, 0.25) is 0 Å². The number of amides is 3. The third-order valence-electron chi connectivity index (χ3n) is 6.06. The van der Waals surface area contributed by atoms with E-state index in [-0.39, 0.29) is 18.2 Å². The van der Waals surface area contributed by atoms with Crippen molar-refractivity contribution in [2.24, 2.45) is 10.9 Å². The maximum atomic E-state index is 13.1. The van der Waals surface area contributed by atoms with E-state index in [2.05, 4.69) is 16.4 Å². The lowest BCUT2D eigenvalue weighted by atomic mass is 9.93. The molecule has 8 heteroatoms. The zero-order chi connectivity index (χ0) is 19.3. The Morgan fingerprint density at radius 3 is 2.59 bits per heavy atom. The summed E-state index contributed by atoms with van der Waals surface area (Å²) in [5, 5.41) is 0. The normalized spacial score (nSPS) is 29.1. The number of urea groups is 1. The first-order chi connectivity index (χ1) is 12.9. The Balaban J connectivity index is 1.71. The van der Waals surface area contributed by atoms with Gasteiger partial charge in [-0.05, 0) is 19.8 Å². The van der Waals surface area contributed by atoms with Crippen molar-refractivity contribution in [1.82, 2.24) is 14.7 Å². The topological polar surface area (TPSA) is 76.3 Å². The molecule has 0 aromatic heterocycles. The number of aliphatic imine (C=N–C) groups is 1. The van der Waals surface area contributed by atoms with Gasteiger partial charge in [-0.3, -0.25) is 24.3 Å². The van der Waals surface area contributed by atoms with Crippen molar-refractivity contribution < 1.29 is 19.0 Å². The molecular weight excluding hydrogens is 346 g/mol. The highest BCUT2D eigenvalue weighted by Crippen LogP contribution is 2.30. The van der Waals surface area contributed by atoms with E-state index in [4.69, 9.17) is 4.99 Å². The molecule has 3 amide bonds. The number of rotatable bonds is 3. The van der Waals surface area contributed by atoms with Crippen LogP contribution in [0.15, 0.2) is 4.99 Å². The fraction of sp³-hybridized carbons (Fsp3) is 0.737. The highest BCUT2D eigenvalue weighted by molar-refractivity contribution is 6.23. The Kier molecular flexibility index (Phi) is 4.52. The summed E-state index contributed by atoms with van der Waals surface area (Å²) in [6, 6.07) is -0.619. The molecule has 3 aliphatic heterocycles. The van der Waals surface area contributed by atoms with E-state index in [1.54, 1.807) is 7.05 Å². The summed E-state index contributed by atoms with van der Waals surface area (Å²) >= 11 is 0. The molecule has 0 bridgehead atoms. The van der Waals surface area contributed by atoms with Crippen LogP contribution >= 0.6 is 0 Å². The van der Waals surface area contributed by atoms with Crippen LogP contribution < -0.4 is 0 Å². The second-order valence-electron chi connectivity index (χ2n) is 8.34. The SMILES string of the molecule is CC(=O)CN1C(=O)C2C(=NC3=[N+]2CC(C)CN3C2CCCCC2)N(C)C1=O. The van der Waals surface area contributed by atoms with E-state index in [0.29, 0.717) is 17.8 Å². The summed E-state index contributed by atoms with van der Waals surface area (Å²) in [5.41, 5.74) is 0. The predicted molar refractivity (Wildman–Crippen MR) is 99.7 cm³/mol. The van der Waals surface area contributed by atoms with Crippen LogP contribution in [0.25, 0.3) is 0 Å². The molecule has 2 fully saturated rings. The number of Topliss-reactive ketones (excluding diaryl/α,β-unsaturated/α-hetero) is 1. The van der Waals surface area contributed by atoms with E-state index >= 15 is 0 Å². The first kappa shape index (κ1) is 18.1. The molecule has 0 radical (unpaired) electrons. The summed E-state index contributed by atoms with van der Waals surface area (Å²) in [6.45, 7) is 5.07. The number of ketones is 1. The molecule has 4 rings (SSSR count). The van der Waals surface area contributed by atoms with Crippen molar-refractivity contribution in [3.05, 3.63) is 0 Å². The van der Waals surface area contributed by atoms with E-state index < -0.39 is 12.1 Å². The molecule has 2 unspecified atom stereocenters. The molecule has 0 N–H and O–H groups in total. The minimum atomic E-state index is -0.601. The maximum absolute atomic E-state index is 13.1. The third-order valence-corrected chi connectivity index (χ3v) is 6.06. The van der Waals surface area contributed by atoms with Gasteiger partial charge in [-0.1, -0.05) is 31.2 Å². The average molecular weight is 374 g/mol. The predicted octanol–water partition coefficient (Wildman–Crippen LogP) is 0.903. The van der Waals surface area contributed by atoms with Gasteiger partial charge in [-0.2, -0.15) is 0 Å². The molecule has 2 atom stereocenters. The van der Waals surface area contributed by atoms with E-state index in [1.807, 2.05) is 0 Å². The Hall–Kier alpha value is -2.25. The quantitative estimate of drug-likeness (QED) is 0.688. The van der Waals surface area contributed by atoms with Crippen LogP contribution in [0.5, 0.6) is 0 Å². The Labute approximate surface area is 159 Å². The zero-order valence-corrected chi connectivity index (χ0v) is 16.3. The molecule has 0 spiro atoms. The van der Waals surface area contributed by atoms with Gasteiger partial charge in [-0.25, -0.2) is 9.37 Å². The van der Waals surface area contributed by atoms with Crippen molar-refractivity contribution in [3.63, 3.8) is 0 Å². The summed E-state index contributed by atoms with van der Waals surface area (Å²) in [5.74, 6) is 1.19. The number of nitrogens with zero attached hydrogens (tertiary/aromatic N) is 5. The van der Waals surface area contributed by atoms with Crippen LogP contribution in [0.4, 0.5) is 4.79 Å². The van der Waals surface area contributed by atoms with Gasteiger partial charge < -0.3 is 0 Å². The molecule has 0 aromatic rings. The van der Waals surface area contributed by atoms with Gasteiger partial charge in [0.1, 0.15) is 5.78 Å². The fourth-order valence-corrected chi connectivity index (χ4v) is 4.81. The van der Waals surface area contributed by atoms with Crippen molar-refractivity contribution in [1.29, 1.82) is 0 Å². The second kappa shape index (κ2) is 6.73. The number of fused-ring (bicyclic) bond motifs is 2. The van der Waals surface area contributed by atoms with Gasteiger partial charge in [0.25, 0.3) is 5.91 Å². The monoisotopic (exact) mass is 374 g/mol. The Bertz CT molecular complexity index is 752. The molecule has 1 saturated heterocycles. The lowest BCUT2D eigenvalue weighted by molar-refractivity contribution is -0.552. The van der Waals surface area contributed by atoms with Crippen molar-refractivity contribution >= 4 is 29.5 Å². The van der Waals surface area contributed by atoms with Crippen molar-refractivity contribution in [3.8, 4) is 0 Å². The number of carbonyl (C=O) groups is 3. The van der Waals surface area contributed by atoms with Crippen molar-refractivity contribution in [2.45, 2.75) is 58.0 Å². The van der Waals surface area contributed by atoms with Crippen LogP contribution in [-0.2, 0) is 9.59 Å².